The molecule has 2 aliphatic carbocycles. The highest BCUT2D eigenvalue weighted by Gasteiger charge is 2.38. The van der Waals surface area contributed by atoms with Crippen LogP contribution in [0.25, 0.3) is 99.5 Å². The maximum Gasteiger partial charge on any atom is 0.143 e. The molecule has 0 N–H and O–H groups in total. The summed E-state index contributed by atoms with van der Waals surface area (Å²) >= 11 is 0. The fourth-order valence-corrected chi connectivity index (χ4v) is 12.6. The Morgan fingerprint density at radius 2 is 0.861 bits per heavy atom. The molecule has 0 saturated carbocycles. The number of nitrogens with zero attached hydrogens (tertiary/aromatic N) is 1. The van der Waals surface area contributed by atoms with Gasteiger partial charge in [-0.2, -0.15) is 0 Å². The Morgan fingerprint density at radius 1 is 0.333 bits per heavy atom. The van der Waals surface area contributed by atoms with Gasteiger partial charge in [0.15, 0.2) is 0 Å². The minimum absolute atomic E-state index is 0.0745. The van der Waals surface area contributed by atoms with E-state index in [0.29, 0.717) is 0 Å². The third-order valence-corrected chi connectivity index (χ3v) is 16.1. The SMILES string of the molecule is CC1(C)c2ccccc2-c2ccc(-c3ccc(N(c4ccc(-c5ccccc5-c5cccc6c5C(C)(C)c5ccccc5-6)cc4)c4ccccc4-c4cccc5oc6c7ccccc7ccc6c45)cc3)cc21. The van der Waals surface area contributed by atoms with Gasteiger partial charge in [-0.25, -0.2) is 0 Å². The van der Waals surface area contributed by atoms with E-state index in [1.165, 1.54) is 83.3 Å². The molecule has 342 valence electrons. The Hall–Kier alpha value is -8.72. The molecular weight excluding hydrogens is 871 g/mol. The van der Waals surface area contributed by atoms with Gasteiger partial charge >= 0.3 is 0 Å². The second-order valence-electron chi connectivity index (χ2n) is 20.8. The summed E-state index contributed by atoms with van der Waals surface area (Å²) in [6.07, 6.45) is 0. The van der Waals surface area contributed by atoms with Crippen LogP contribution < -0.4 is 4.90 Å². The van der Waals surface area contributed by atoms with Gasteiger partial charge < -0.3 is 9.32 Å². The van der Waals surface area contributed by atoms with Crippen LogP contribution in [0.1, 0.15) is 49.9 Å². The van der Waals surface area contributed by atoms with Crippen LogP contribution in [0.2, 0.25) is 0 Å². The van der Waals surface area contributed by atoms with E-state index in [1.807, 2.05) is 0 Å². The first-order valence-electron chi connectivity index (χ1n) is 25.2. The molecule has 11 aromatic carbocycles. The van der Waals surface area contributed by atoms with Gasteiger partial charge in [0.1, 0.15) is 11.2 Å². The Balaban J connectivity index is 0.907. The Labute approximate surface area is 421 Å². The molecule has 0 spiro atoms. The van der Waals surface area contributed by atoms with E-state index in [1.54, 1.807) is 0 Å². The third kappa shape index (κ3) is 6.28. The molecule has 0 amide bonds. The summed E-state index contributed by atoms with van der Waals surface area (Å²) in [5.41, 5.74) is 25.3. The summed E-state index contributed by atoms with van der Waals surface area (Å²) in [5.74, 6) is 0. The van der Waals surface area contributed by atoms with Crippen LogP contribution in [0, 0.1) is 0 Å². The van der Waals surface area contributed by atoms with Crippen LogP contribution in [-0.4, -0.2) is 0 Å². The number of fused-ring (bicyclic) bond motifs is 11. The van der Waals surface area contributed by atoms with Crippen LogP contribution in [0.4, 0.5) is 17.1 Å². The Kier molecular flexibility index (Phi) is 9.32. The zero-order chi connectivity index (χ0) is 48.3. The molecular formula is C70H51NO. The number of furan rings is 1. The molecule has 72 heavy (non-hydrogen) atoms. The molecule has 0 saturated heterocycles. The first-order valence-corrected chi connectivity index (χ1v) is 25.2. The fraction of sp³-hybridized carbons (Fsp3) is 0.0857. The summed E-state index contributed by atoms with van der Waals surface area (Å²) < 4.78 is 6.75. The second kappa shape index (κ2) is 15.9. The van der Waals surface area contributed by atoms with Gasteiger partial charge in [0.25, 0.3) is 0 Å². The minimum atomic E-state index is -0.132. The van der Waals surface area contributed by atoms with E-state index in [4.69, 9.17) is 4.42 Å². The van der Waals surface area contributed by atoms with Crippen LogP contribution >= 0.6 is 0 Å². The van der Waals surface area contributed by atoms with Crippen molar-refractivity contribution in [2.24, 2.45) is 0 Å². The largest absolute Gasteiger partial charge is 0.455 e. The predicted molar refractivity (Wildman–Crippen MR) is 303 cm³/mol. The van der Waals surface area contributed by atoms with Crippen LogP contribution in [-0.2, 0) is 10.8 Å². The number of para-hydroxylation sites is 1. The van der Waals surface area contributed by atoms with E-state index in [9.17, 15) is 0 Å². The molecule has 2 nitrogen and oxygen atoms in total. The number of rotatable bonds is 7. The summed E-state index contributed by atoms with van der Waals surface area (Å²) in [6, 6.07) is 87.2. The molecule has 14 rings (SSSR count). The van der Waals surface area contributed by atoms with Gasteiger partial charge in [0, 0.05) is 43.9 Å². The van der Waals surface area contributed by atoms with Gasteiger partial charge in [-0.3, -0.25) is 0 Å². The van der Waals surface area contributed by atoms with Crippen molar-refractivity contribution in [1.29, 1.82) is 0 Å². The van der Waals surface area contributed by atoms with Crippen LogP contribution in [0.15, 0.2) is 241 Å². The monoisotopic (exact) mass is 921 g/mol. The smallest absolute Gasteiger partial charge is 0.143 e. The highest BCUT2D eigenvalue weighted by Crippen LogP contribution is 2.54. The summed E-state index contributed by atoms with van der Waals surface area (Å²) in [7, 11) is 0. The standard InChI is InChI=1S/C70H51NO/c1-69(2)61-27-12-9-21-53(61)55-41-36-47(43-63(55)69)44-31-37-48(38-32-44)71(64-29-14-11-23-56(64)57-24-16-30-65-66(57)60-42-35-45-17-5-6-19-51(45)68(60)72-65)49-39-33-46(34-40-49)50-18-7-8-20-52(50)58-25-15-26-59-54-22-10-13-28-62(54)70(3,4)67(58)59/h5-43H,1-4H3. The van der Waals surface area contributed by atoms with Crippen molar-refractivity contribution in [3.63, 3.8) is 0 Å². The molecule has 0 aliphatic heterocycles. The maximum absolute atomic E-state index is 6.75. The number of hydrogen-bond donors (Lipinski definition) is 0. The fourth-order valence-electron chi connectivity index (χ4n) is 12.6. The van der Waals surface area contributed by atoms with Crippen molar-refractivity contribution in [1.82, 2.24) is 0 Å². The molecule has 1 aromatic heterocycles. The van der Waals surface area contributed by atoms with E-state index >= 15 is 0 Å². The molecule has 0 radical (unpaired) electrons. The van der Waals surface area contributed by atoms with E-state index < -0.39 is 0 Å². The van der Waals surface area contributed by atoms with Crippen molar-refractivity contribution >= 4 is 49.8 Å². The minimum Gasteiger partial charge on any atom is -0.455 e. The van der Waals surface area contributed by atoms with Crippen molar-refractivity contribution in [2.45, 2.75) is 38.5 Å². The van der Waals surface area contributed by atoms with Gasteiger partial charge in [0.2, 0.25) is 0 Å². The van der Waals surface area contributed by atoms with Gasteiger partial charge in [0.05, 0.1) is 5.69 Å². The highest BCUT2D eigenvalue weighted by atomic mass is 16.3. The number of hydrogen-bond acceptors (Lipinski definition) is 2. The lowest BCUT2D eigenvalue weighted by molar-refractivity contribution is 0.660. The molecule has 0 unspecified atom stereocenters. The lowest BCUT2D eigenvalue weighted by Gasteiger charge is -2.28. The van der Waals surface area contributed by atoms with Gasteiger partial charge in [-0.1, -0.05) is 216 Å². The summed E-state index contributed by atoms with van der Waals surface area (Å²) in [5, 5.41) is 4.52. The normalized spacial score (nSPS) is 13.8. The highest BCUT2D eigenvalue weighted by molar-refractivity contribution is 6.19. The van der Waals surface area contributed by atoms with Gasteiger partial charge in [-0.15, -0.1) is 0 Å². The van der Waals surface area contributed by atoms with E-state index in [-0.39, 0.29) is 10.8 Å². The third-order valence-electron chi connectivity index (χ3n) is 16.1. The number of anilines is 3. The van der Waals surface area contributed by atoms with Crippen LogP contribution in [0.3, 0.4) is 0 Å². The molecule has 2 heteroatoms. The van der Waals surface area contributed by atoms with Crippen molar-refractivity contribution in [2.75, 3.05) is 4.90 Å². The molecule has 0 bridgehead atoms. The molecule has 0 fully saturated rings. The second-order valence-corrected chi connectivity index (χ2v) is 20.8. The molecule has 2 aliphatic rings. The Morgan fingerprint density at radius 3 is 1.61 bits per heavy atom. The zero-order valence-electron chi connectivity index (χ0n) is 40.9. The number of benzene rings is 11. The maximum atomic E-state index is 6.75. The average molecular weight is 922 g/mol. The quantitative estimate of drug-likeness (QED) is 0.158. The Bertz CT molecular complexity index is 4150. The van der Waals surface area contributed by atoms with Gasteiger partial charge in [-0.05, 0) is 137 Å². The lowest BCUT2D eigenvalue weighted by atomic mass is 9.78. The predicted octanol–water partition coefficient (Wildman–Crippen LogP) is 19.5. The summed E-state index contributed by atoms with van der Waals surface area (Å²) in [6.45, 7) is 9.46. The lowest BCUT2D eigenvalue weighted by Crippen LogP contribution is -2.16. The first kappa shape index (κ1) is 42.2. The van der Waals surface area contributed by atoms with Crippen molar-refractivity contribution < 1.29 is 4.42 Å². The van der Waals surface area contributed by atoms with Crippen molar-refractivity contribution in [3.05, 3.63) is 259 Å². The molecule has 0 atom stereocenters. The molecule has 1 heterocycles. The van der Waals surface area contributed by atoms with E-state index in [0.717, 1.165) is 55.5 Å². The average Bonchev–Trinajstić information content (AvgIpc) is 4.02. The first-order chi connectivity index (χ1) is 35.2. The van der Waals surface area contributed by atoms with E-state index in [2.05, 4.69) is 269 Å². The summed E-state index contributed by atoms with van der Waals surface area (Å²) in [4.78, 5) is 2.43. The topological polar surface area (TPSA) is 16.4 Å². The molecule has 12 aromatic rings. The van der Waals surface area contributed by atoms with Crippen LogP contribution in [0.5, 0.6) is 0 Å². The zero-order valence-corrected chi connectivity index (χ0v) is 40.9. The van der Waals surface area contributed by atoms with Crippen molar-refractivity contribution in [3.8, 4) is 66.8 Å².